The van der Waals surface area contributed by atoms with E-state index in [-0.39, 0.29) is 18.1 Å². The van der Waals surface area contributed by atoms with Crippen molar-refractivity contribution < 1.29 is 29.0 Å². The van der Waals surface area contributed by atoms with Gasteiger partial charge in [-0.1, -0.05) is 0 Å². The number of aromatic carboxylic acids is 1. The Bertz CT molecular complexity index is 487. The molecule has 1 rings (SSSR count). The highest BCUT2D eigenvalue weighted by atomic mass is 16.4. The van der Waals surface area contributed by atoms with Crippen LogP contribution in [-0.4, -0.2) is 28.1 Å². The zero-order valence-corrected chi connectivity index (χ0v) is 9.89. The van der Waals surface area contributed by atoms with Gasteiger partial charge < -0.3 is 19.9 Å². The van der Waals surface area contributed by atoms with Crippen LogP contribution in [0.1, 0.15) is 30.2 Å². The summed E-state index contributed by atoms with van der Waals surface area (Å²) in [5, 5.41) is 19.8. The maximum atomic E-state index is 11.6. The number of rotatable bonds is 5. The van der Waals surface area contributed by atoms with E-state index in [9.17, 15) is 14.4 Å². The van der Waals surface area contributed by atoms with E-state index in [2.05, 4.69) is 5.32 Å². The lowest BCUT2D eigenvalue weighted by Gasteiger charge is -2.17. The van der Waals surface area contributed by atoms with Gasteiger partial charge >= 0.3 is 11.9 Å². The quantitative estimate of drug-likeness (QED) is 0.667. The first kappa shape index (κ1) is 13.8. The second kappa shape index (κ2) is 4.91. The molecular weight excluding hydrogens is 242 g/mol. The fourth-order valence-corrected chi connectivity index (χ4v) is 1.07. The number of carboxylic acid groups (broad SMARTS) is 2. The third-order valence-electron chi connectivity index (χ3n) is 2.40. The van der Waals surface area contributed by atoms with Crippen molar-refractivity contribution in [1.29, 1.82) is 0 Å². The SMILES string of the molecule is CC(C)(C(=O)O)C(=O)NCc1ccc(C(=O)O)o1. The van der Waals surface area contributed by atoms with Crippen LogP contribution in [0, 0.1) is 5.41 Å². The molecule has 0 aliphatic heterocycles. The van der Waals surface area contributed by atoms with Crippen LogP contribution < -0.4 is 5.32 Å². The number of carboxylic acids is 2. The van der Waals surface area contributed by atoms with Crippen molar-refractivity contribution in [2.24, 2.45) is 5.41 Å². The van der Waals surface area contributed by atoms with Gasteiger partial charge in [0.25, 0.3) is 0 Å². The van der Waals surface area contributed by atoms with Crippen molar-refractivity contribution >= 4 is 17.8 Å². The molecule has 0 aliphatic carbocycles. The molecule has 0 atom stereocenters. The van der Waals surface area contributed by atoms with Crippen LogP contribution in [0.5, 0.6) is 0 Å². The minimum absolute atomic E-state index is 0.0666. The molecule has 0 aromatic carbocycles. The Balaban J connectivity index is 2.63. The molecule has 0 aliphatic rings. The van der Waals surface area contributed by atoms with E-state index in [0.717, 1.165) is 0 Å². The highest BCUT2D eigenvalue weighted by Gasteiger charge is 2.35. The Morgan fingerprint density at radius 1 is 1.28 bits per heavy atom. The van der Waals surface area contributed by atoms with Crippen LogP contribution in [0.2, 0.25) is 0 Å². The summed E-state index contributed by atoms with van der Waals surface area (Å²) in [5.74, 6) is -3.13. The van der Waals surface area contributed by atoms with Crippen LogP contribution in [0.15, 0.2) is 16.5 Å². The highest BCUT2D eigenvalue weighted by molar-refractivity contribution is 6.00. The second-order valence-electron chi connectivity index (χ2n) is 4.18. The van der Waals surface area contributed by atoms with E-state index in [1.54, 1.807) is 0 Å². The van der Waals surface area contributed by atoms with Crippen LogP contribution in [0.4, 0.5) is 0 Å². The molecule has 0 spiro atoms. The van der Waals surface area contributed by atoms with Crippen LogP contribution in [0.3, 0.4) is 0 Å². The molecule has 1 amide bonds. The van der Waals surface area contributed by atoms with Crippen molar-refractivity contribution in [2.45, 2.75) is 20.4 Å². The summed E-state index contributed by atoms with van der Waals surface area (Å²) < 4.78 is 4.91. The molecule has 7 heteroatoms. The van der Waals surface area contributed by atoms with E-state index in [4.69, 9.17) is 14.6 Å². The minimum atomic E-state index is -1.55. The Hall–Kier alpha value is -2.31. The molecule has 1 aromatic heterocycles. The predicted molar refractivity (Wildman–Crippen MR) is 58.9 cm³/mol. The van der Waals surface area contributed by atoms with Gasteiger partial charge in [0.05, 0.1) is 6.54 Å². The lowest BCUT2D eigenvalue weighted by molar-refractivity contribution is -0.153. The number of carbonyl (C=O) groups excluding carboxylic acids is 1. The molecule has 0 saturated heterocycles. The zero-order chi connectivity index (χ0) is 13.9. The van der Waals surface area contributed by atoms with Crippen molar-refractivity contribution in [3.05, 3.63) is 23.7 Å². The van der Waals surface area contributed by atoms with E-state index in [1.807, 2.05) is 0 Å². The minimum Gasteiger partial charge on any atom is -0.480 e. The van der Waals surface area contributed by atoms with Crippen LogP contribution in [0.25, 0.3) is 0 Å². The van der Waals surface area contributed by atoms with Crippen LogP contribution >= 0.6 is 0 Å². The second-order valence-corrected chi connectivity index (χ2v) is 4.18. The van der Waals surface area contributed by atoms with Crippen molar-refractivity contribution in [3.8, 4) is 0 Å². The molecule has 0 radical (unpaired) electrons. The number of hydrogen-bond donors (Lipinski definition) is 3. The predicted octanol–water partition coefficient (Wildman–Crippen LogP) is 0.705. The Labute approximate surface area is 102 Å². The van der Waals surface area contributed by atoms with Gasteiger partial charge in [-0.25, -0.2) is 4.79 Å². The molecule has 18 heavy (non-hydrogen) atoms. The molecule has 0 saturated carbocycles. The first-order chi connectivity index (χ1) is 8.25. The average molecular weight is 255 g/mol. The summed E-state index contributed by atoms with van der Waals surface area (Å²) in [4.78, 5) is 32.9. The number of aliphatic carboxylic acids is 1. The molecule has 0 fully saturated rings. The number of furan rings is 1. The van der Waals surface area contributed by atoms with E-state index in [1.165, 1.54) is 26.0 Å². The fourth-order valence-electron chi connectivity index (χ4n) is 1.07. The average Bonchev–Trinajstić information content (AvgIpc) is 2.74. The summed E-state index contributed by atoms with van der Waals surface area (Å²) >= 11 is 0. The third kappa shape index (κ3) is 2.88. The molecule has 98 valence electrons. The van der Waals surface area contributed by atoms with Crippen molar-refractivity contribution in [1.82, 2.24) is 5.32 Å². The van der Waals surface area contributed by atoms with Gasteiger partial charge in [-0.2, -0.15) is 0 Å². The molecular formula is C11H13NO6. The lowest BCUT2D eigenvalue weighted by atomic mass is 9.93. The molecule has 7 nitrogen and oxygen atoms in total. The van der Waals surface area contributed by atoms with E-state index < -0.39 is 23.3 Å². The maximum Gasteiger partial charge on any atom is 0.371 e. The monoisotopic (exact) mass is 255 g/mol. The number of nitrogens with one attached hydrogen (secondary N) is 1. The first-order valence-corrected chi connectivity index (χ1v) is 5.09. The topological polar surface area (TPSA) is 117 Å². The van der Waals surface area contributed by atoms with Gasteiger partial charge in [0.1, 0.15) is 11.2 Å². The number of hydrogen-bond acceptors (Lipinski definition) is 4. The van der Waals surface area contributed by atoms with Gasteiger partial charge in [0.15, 0.2) is 0 Å². The van der Waals surface area contributed by atoms with E-state index >= 15 is 0 Å². The van der Waals surface area contributed by atoms with Gasteiger partial charge in [-0.3, -0.25) is 9.59 Å². The van der Waals surface area contributed by atoms with Gasteiger partial charge in [-0.05, 0) is 26.0 Å². The van der Waals surface area contributed by atoms with Gasteiger partial charge in [0.2, 0.25) is 11.7 Å². The molecule has 0 bridgehead atoms. The Kier molecular flexibility index (Phi) is 3.75. The Morgan fingerprint density at radius 2 is 1.89 bits per heavy atom. The van der Waals surface area contributed by atoms with Gasteiger partial charge in [0, 0.05) is 0 Å². The summed E-state index contributed by atoms with van der Waals surface area (Å²) in [5.41, 5.74) is -1.55. The Morgan fingerprint density at radius 3 is 2.33 bits per heavy atom. The number of amides is 1. The first-order valence-electron chi connectivity index (χ1n) is 5.09. The summed E-state index contributed by atoms with van der Waals surface area (Å²) in [6, 6.07) is 2.66. The molecule has 3 N–H and O–H groups in total. The smallest absolute Gasteiger partial charge is 0.371 e. The van der Waals surface area contributed by atoms with Crippen molar-refractivity contribution in [2.75, 3.05) is 0 Å². The molecule has 1 aromatic rings. The zero-order valence-electron chi connectivity index (χ0n) is 9.89. The molecule has 1 heterocycles. The van der Waals surface area contributed by atoms with Crippen LogP contribution in [-0.2, 0) is 16.1 Å². The largest absolute Gasteiger partial charge is 0.480 e. The molecule has 0 unspecified atom stereocenters. The summed E-state index contributed by atoms with van der Waals surface area (Å²) in [6.45, 7) is 2.48. The van der Waals surface area contributed by atoms with Crippen molar-refractivity contribution in [3.63, 3.8) is 0 Å². The normalized spacial score (nSPS) is 11.0. The summed E-state index contributed by atoms with van der Waals surface area (Å²) in [6.07, 6.45) is 0. The third-order valence-corrected chi connectivity index (χ3v) is 2.40. The fraction of sp³-hybridized carbons (Fsp3) is 0.364. The number of carbonyl (C=O) groups is 3. The van der Waals surface area contributed by atoms with Gasteiger partial charge in [-0.15, -0.1) is 0 Å². The highest BCUT2D eigenvalue weighted by Crippen LogP contribution is 2.15. The summed E-state index contributed by atoms with van der Waals surface area (Å²) in [7, 11) is 0. The standard InChI is InChI=1S/C11H13NO6/c1-11(2,10(16)17)9(15)12-5-6-3-4-7(18-6)8(13)14/h3-4H,5H2,1-2H3,(H,12,15)(H,13,14)(H,16,17). The van der Waals surface area contributed by atoms with E-state index in [0.29, 0.717) is 0 Å². The lowest BCUT2D eigenvalue weighted by Crippen LogP contribution is -2.41. The maximum absolute atomic E-state index is 11.6.